The highest BCUT2D eigenvalue weighted by molar-refractivity contribution is 5.75. The predicted octanol–water partition coefficient (Wildman–Crippen LogP) is -9.92. The van der Waals surface area contributed by atoms with Crippen molar-refractivity contribution in [1.29, 1.82) is 0 Å². The molecular weight excluding hydrogens is 448 g/mol. The van der Waals surface area contributed by atoms with Crippen molar-refractivity contribution in [2.45, 2.75) is 0 Å². The Morgan fingerprint density at radius 3 is 2.00 bits per heavy atom. The van der Waals surface area contributed by atoms with Gasteiger partial charge in [-0.3, -0.25) is 0 Å². The smallest absolute Gasteiger partial charge is 0.522 e. The highest BCUT2D eigenvalue weighted by Gasteiger charge is 2.04. The Labute approximate surface area is 134 Å². The number of hydrogen-bond donors (Lipinski definition) is 5. The zero-order valence-electron chi connectivity index (χ0n) is 9.21. The lowest BCUT2D eigenvalue weighted by molar-refractivity contribution is -0.459. The van der Waals surface area contributed by atoms with Crippen molar-refractivity contribution in [3.63, 3.8) is 0 Å². The molecule has 0 aromatic heterocycles. The Hall–Kier alpha value is -0.780. The summed E-state index contributed by atoms with van der Waals surface area (Å²) in [6, 6.07) is 7.26. The quantitative estimate of drug-likeness (QED) is 0.170. The first-order chi connectivity index (χ1) is 7.11. The standard InChI is InChI=1S/C9H13N5O.2HI/c1-15-7-4-2-6(3-5-7)13-9(12)14-8(10)11;;/h2-5H,1H3,(H6,10,11,12,13,14);2*1H. The lowest BCUT2D eigenvalue weighted by Gasteiger charge is -1.96. The van der Waals surface area contributed by atoms with Crippen LogP contribution < -0.4 is 79.9 Å². The largest absolute Gasteiger partial charge is 1.00 e. The summed E-state index contributed by atoms with van der Waals surface area (Å²) in [5, 5.41) is 0. The van der Waals surface area contributed by atoms with Crippen molar-refractivity contribution in [2.75, 3.05) is 7.11 Å². The van der Waals surface area contributed by atoms with Crippen LogP contribution in [-0.4, -0.2) is 19.0 Å². The van der Waals surface area contributed by atoms with Crippen LogP contribution in [0.1, 0.15) is 0 Å². The number of ether oxygens (including phenoxy) is 1. The van der Waals surface area contributed by atoms with E-state index in [2.05, 4.69) is 9.98 Å². The van der Waals surface area contributed by atoms with Gasteiger partial charge in [0.15, 0.2) is 5.69 Å². The maximum absolute atomic E-state index is 5.56. The van der Waals surface area contributed by atoms with Gasteiger partial charge in [-0.25, -0.2) is 5.73 Å². The van der Waals surface area contributed by atoms with E-state index in [0.717, 1.165) is 11.4 Å². The third kappa shape index (κ3) is 7.20. The number of methoxy groups -OCH3 is 1. The van der Waals surface area contributed by atoms with Crippen LogP contribution in [0.2, 0.25) is 0 Å². The summed E-state index contributed by atoms with van der Waals surface area (Å²) in [7, 11) is 1.61. The molecule has 0 amide bonds. The van der Waals surface area contributed by atoms with Gasteiger partial charge >= 0.3 is 5.96 Å². The average Bonchev–Trinajstić information content (AvgIpc) is 2.17. The Bertz CT molecular complexity index is 387. The zero-order chi connectivity index (χ0) is 11.3. The van der Waals surface area contributed by atoms with E-state index in [1.807, 2.05) is 24.3 Å². The van der Waals surface area contributed by atoms with Gasteiger partial charge in [-0.2, -0.15) is 4.99 Å². The minimum Gasteiger partial charge on any atom is -1.00 e. The molecule has 0 aliphatic carbocycles. The van der Waals surface area contributed by atoms with E-state index in [1.165, 1.54) is 0 Å². The molecule has 0 spiro atoms. The van der Waals surface area contributed by atoms with Crippen LogP contribution in [-0.2, 0) is 0 Å². The highest BCUT2D eigenvalue weighted by atomic mass is 127. The number of nitrogens with one attached hydrogen (secondary N) is 2. The zero-order valence-corrected chi connectivity index (χ0v) is 13.5. The summed E-state index contributed by atoms with van der Waals surface area (Å²) < 4.78 is 5.01. The molecule has 0 unspecified atom stereocenters. The van der Waals surface area contributed by atoms with Gasteiger partial charge in [0, 0.05) is 0 Å². The second-order valence-corrected chi connectivity index (χ2v) is 2.85. The van der Waals surface area contributed by atoms with Crippen molar-refractivity contribution < 1.29 is 62.7 Å². The average molecular weight is 463 g/mol. The molecule has 0 fully saturated rings. The van der Waals surface area contributed by atoms with Crippen LogP contribution >= 0.6 is 0 Å². The van der Waals surface area contributed by atoms with Crippen LogP contribution in [0, 0.1) is 0 Å². The molecule has 0 radical (unpaired) electrons. The van der Waals surface area contributed by atoms with E-state index in [4.69, 9.17) is 21.9 Å². The monoisotopic (exact) mass is 463 g/mol. The van der Waals surface area contributed by atoms with E-state index in [1.54, 1.807) is 7.11 Å². The molecule has 0 saturated carbocycles. The molecule has 0 aliphatic heterocycles. The Morgan fingerprint density at radius 1 is 1.06 bits per heavy atom. The summed E-state index contributed by atoms with van der Waals surface area (Å²) in [4.78, 5) is 5.42. The van der Waals surface area contributed by atoms with Gasteiger partial charge < -0.3 is 64.2 Å². The molecule has 96 valence electrons. The van der Waals surface area contributed by atoms with Crippen molar-refractivity contribution in [3.8, 4) is 5.75 Å². The number of nitrogens with two attached hydrogens (primary N) is 3. The summed E-state index contributed by atoms with van der Waals surface area (Å²) in [6.45, 7) is 0. The van der Waals surface area contributed by atoms with Gasteiger partial charge in [0.1, 0.15) is 5.75 Å². The predicted molar refractivity (Wildman–Crippen MR) is 57.2 cm³/mol. The van der Waals surface area contributed by atoms with Crippen LogP contribution in [0.25, 0.3) is 0 Å². The lowest BCUT2D eigenvalue weighted by Crippen LogP contribution is -3.00. The van der Waals surface area contributed by atoms with Crippen LogP contribution in [0.5, 0.6) is 5.75 Å². The topological polar surface area (TPSA) is 115 Å². The minimum absolute atomic E-state index is 0. The van der Waals surface area contributed by atoms with E-state index in [9.17, 15) is 0 Å². The SMILES string of the molecule is COc1ccc([NH+]=C(N)[NH+]=C(N)N)cc1.[I-].[I-]. The molecule has 0 atom stereocenters. The Morgan fingerprint density at radius 2 is 1.59 bits per heavy atom. The summed E-state index contributed by atoms with van der Waals surface area (Å²) in [6.07, 6.45) is 0. The van der Waals surface area contributed by atoms with Gasteiger partial charge in [0.2, 0.25) is 0 Å². The summed E-state index contributed by atoms with van der Waals surface area (Å²) in [5.41, 5.74) is 16.8. The van der Waals surface area contributed by atoms with E-state index in [0.29, 0.717) is 0 Å². The number of benzene rings is 1. The fourth-order valence-corrected chi connectivity index (χ4v) is 1.02. The molecule has 17 heavy (non-hydrogen) atoms. The Kier molecular flexibility index (Phi) is 10.1. The molecule has 0 bridgehead atoms. The third-order valence-electron chi connectivity index (χ3n) is 1.65. The molecule has 6 nitrogen and oxygen atoms in total. The van der Waals surface area contributed by atoms with Crippen molar-refractivity contribution in [2.24, 2.45) is 17.2 Å². The molecule has 0 aliphatic rings. The molecular formula is C9H15I2N5O. The molecule has 0 saturated heterocycles. The first-order valence-corrected chi connectivity index (χ1v) is 4.30. The van der Waals surface area contributed by atoms with Gasteiger partial charge in [-0.1, -0.05) is 0 Å². The maximum atomic E-state index is 5.56. The molecule has 1 aromatic carbocycles. The second-order valence-electron chi connectivity index (χ2n) is 2.85. The maximum Gasteiger partial charge on any atom is 0.522 e. The minimum atomic E-state index is 0. The first-order valence-electron chi connectivity index (χ1n) is 4.30. The number of hydrogen-bond acceptors (Lipinski definition) is 1. The summed E-state index contributed by atoms with van der Waals surface area (Å²) >= 11 is 0. The van der Waals surface area contributed by atoms with E-state index < -0.39 is 0 Å². The van der Waals surface area contributed by atoms with E-state index in [-0.39, 0.29) is 59.9 Å². The van der Waals surface area contributed by atoms with Gasteiger partial charge in [-0.05, 0) is 24.3 Å². The fraction of sp³-hybridized carbons (Fsp3) is 0.111. The second kappa shape index (κ2) is 9.27. The number of rotatable bonds is 2. The van der Waals surface area contributed by atoms with Crippen LogP contribution in [0.15, 0.2) is 24.3 Å². The molecule has 1 rings (SSSR count). The van der Waals surface area contributed by atoms with Gasteiger partial charge in [0.05, 0.1) is 7.11 Å². The van der Waals surface area contributed by atoms with Crippen molar-refractivity contribution >= 4 is 17.6 Å². The van der Waals surface area contributed by atoms with Gasteiger partial charge in [0.25, 0.3) is 5.96 Å². The number of guanidine groups is 2. The van der Waals surface area contributed by atoms with E-state index >= 15 is 0 Å². The molecule has 1 aromatic rings. The number of halogens is 2. The highest BCUT2D eigenvalue weighted by Crippen LogP contribution is 2.10. The molecule has 8 heteroatoms. The first kappa shape index (κ1) is 18.6. The van der Waals surface area contributed by atoms with Crippen molar-refractivity contribution in [1.82, 2.24) is 0 Å². The Balaban J connectivity index is 0. The summed E-state index contributed by atoms with van der Waals surface area (Å²) in [5.74, 6) is 1.07. The van der Waals surface area contributed by atoms with Crippen LogP contribution in [0.4, 0.5) is 5.69 Å². The third-order valence-corrected chi connectivity index (χ3v) is 1.65. The lowest BCUT2D eigenvalue weighted by atomic mass is 10.3. The van der Waals surface area contributed by atoms with Gasteiger partial charge in [-0.15, -0.1) is 4.99 Å². The van der Waals surface area contributed by atoms with Crippen molar-refractivity contribution in [3.05, 3.63) is 24.3 Å². The normalized spacial score (nSPS) is 9.59. The molecule has 8 N–H and O–H groups in total. The fourth-order valence-electron chi connectivity index (χ4n) is 1.02. The molecule has 0 heterocycles. The van der Waals surface area contributed by atoms with Crippen LogP contribution in [0.3, 0.4) is 0 Å².